The summed E-state index contributed by atoms with van der Waals surface area (Å²) in [6.45, 7) is 0.528. The Hall–Kier alpha value is -3.51. The second-order valence-corrected chi connectivity index (χ2v) is 9.06. The number of halogens is 1. The molecule has 2 atom stereocenters. The van der Waals surface area contributed by atoms with Crippen molar-refractivity contribution in [2.24, 2.45) is 5.92 Å². The molecule has 2 unspecified atom stereocenters. The second-order valence-electron chi connectivity index (χ2n) is 8.65. The van der Waals surface area contributed by atoms with Gasteiger partial charge in [0.15, 0.2) is 0 Å². The van der Waals surface area contributed by atoms with E-state index in [1.54, 1.807) is 18.2 Å². The average Bonchev–Trinajstić information content (AvgIpc) is 3.43. The molecule has 5 rings (SSSR count). The zero-order valence-corrected chi connectivity index (χ0v) is 19.4. The van der Waals surface area contributed by atoms with Gasteiger partial charge in [-0.25, -0.2) is 4.79 Å². The number of carbonyl (C=O) groups excluding carboxylic acids is 1. The first-order chi connectivity index (χ1) is 16.5. The van der Waals surface area contributed by atoms with Gasteiger partial charge in [0.2, 0.25) is 0 Å². The molecule has 1 aliphatic heterocycles. The van der Waals surface area contributed by atoms with Gasteiger partial charge in [0.05, 0.1) is 18.1 Å². The molecule has 3 aromatic carbocycles. The average molecular weight is 478 g/mol. The van der Waals surface area contributed by atoms with Crippen LogP contribution in [0.2, 0.25) is 5.02 Å². The molecule has 1 heterocycles. The van der Waals surface area contributed by atoms with Crippen molar-refractivity contribution in [2.45, 2.75) is 11.8 Å². The van der Waals surface area contributed by atoms with Gasteiger partial charge in [-0.1, -0.05) is 66.2 Å². The number of hydrogen-bond acceptors (Lipinski definition) is 4. The molecule has 0 saturated carbocycles. The van der Waals surface area contributed by atoms with Gasteiger partial charge in [-0.15, -0.1) is 0 Å². The lowest BCUT2D eigenvalue weighted by Crippen LogP contribution is -2.31. The smallest absolute Gasteiger partial charge is 0.409 e. The quantitative estimate of drug-likeness (QED) is 0.532. The number of carboxylic acids is 1. The van der Waals surface area contributed by atoms with E-state index in [4.69, 9.17) is 21.1 Å². The summed E-state index contributed by atoms with van der Waals surface area (Å²) in [5.41, 5.74) is 5.34. The van der Waals surface area contributed by atoms with Crippen LogP contribution in [-0.4, -0.2) is 48.9 Å². The fourth-order valence-electron chi connectivity index (χ4n) is 5.13. The van der Waals surface area contributed by atoms with E-state index in [2.05, 4.69) is 24.3 Å². The van der Waals surface area contributed by atoms with E-state index in [0.29, 0.717) is 10.8 Å². The molecule has 1 fully saturated rings. The molecule has 1 aliphatic carbocycles. The number of fused-ring (bicyclic) bond motifs is 3. The van der Waals surface area contributed by atoms with Crippen LogP contribution in [0.25, 0.3) is 11.1 Å². The zero-order chi connectivity index (χ0) is 23.8. The predicted molar refractivity (Wildman–Crippen MR) is 129 cm³/mol. The summed E-state index contributed by atoms with van der Waals surface area (Å²) in [7, 11) is 1.51. The number of hydrogen-bond donors (Lipinski definition) is 1. The highest BCUT2D eigenvalue weighted by Gasteiger charge is 2.41. The van der Waals surface area contributed by atoms with Gasteiger partial charge in [-0.2, -0.15) is 0 Å². The van der Waals surface area contributed by atoms with E-state index in [0.717, 1.165) is 27.8 Å². The van der Waals surface area contributed by atoms with Gasteiger partial charge in [0.25, 0.3) is 0 Å². The van der Waals surface area contributed by atoms with Crippen molar-refractivity contribution in [1.82, 2.24) is 4.90 Å². The molecule has 1 saturated heterocycles. The van der Waals surface area contributed by atoms with Gasteiger partial charge < -0.3 is 19.5 Å². The minimum atomic E-state index is -0.951. The number of aliphatic carboxylic acids is 1. The van der Waals surface area contributed by atoms with Crippen LogP contribution in [0.1, 0.15) is 28.5 Å². The first-order valence-corrected chi connectivity index (χ1v) is 11.5. The molecule has 34 heavy (non-hydrogen) atoms. The molecule has 1 amide bonds. The van der Waals surface area contributed by atoms with E-state index < -0.39 is 18.0 Å². The highest BCUT2D eigenvalue weighted by molar-refractivity contribution is 6.32. The molecule has 174 valence electrons. The van der Waals surface area contributed by atoms with E-state index in [1.165, 1.54) is 12.0 Å². The molecule has 3 aromatic rings. The number of nitrogens with zero attached hydrogens (tertiary/aromatic N) is 1. The Balaban J connectivity index is 1.32. The van der Waals surface area contributed by atoms with Crippen LogP contribution in [-0.2, 0) is 9.53 Å². The zero-order valence-electron chi connectivity index (χ0n) is 18.6. The number of amides is 1. The van der Waals surface area contributed by atoms with Crippen molar-refractivity contribution < 1.29 is 24.2 Å². The minimum absolute atomic E-state index is 0.0504. The summed E-state index contributed by atoms with van der Waals surface area (Å²) in [5.74, 6) is -1.66. The molecular weight excluding hydrogens is 454 g/mol. The molecule has 6 nitrogen and oxygen atoms in total. The van der Waals surface area contributed by atoms with Crippen LogP contribution in [0.5, 0.6) is 5.75 Å². The SMILES string of the molecule is COc1cc(C2CN(C(=O)OCC3c4ccccc4-c4ccccc43)CC2C(=O)O)ccc1Cl. The van der Waals surface area contributed by atoms with Crippen molar-refractivity contribution in [3.8, 4) is 16.9 Å². The van der Waals surface area contributed by atoms with Crippen molar-refractivity contribution in [3.63, 3.8) is 0 Å². The Kier molecular flexibility index (Phi) is 5.92. The van der Waals surface area contributed by atoms with E-state index in [1.807, 2.05) is 24.3 Å². The second kappa shape index (κ2) is 9.03. The van der Waals surface area contributed by atoms with Gasteiger partial charge in [0.1, 0.15) is 12.4 Å². The third-order valence-corrected chi connectivity index (χ3v) is 7.15. The standard InChI is InChI=1S/C27H24ClNO5/c1-33-25-12-16(10-11-24(25)28)21-13-29(14-22(21)26(30)31)27(32)34-15-23-19-8-4-2-6-17(19)18-7-3-5-9-20(18)23/h2-12,21-23H,13-15H2,1H3,(H,30,31). The Morgan fingerprint density at radius 2 is 1.65 bits per heavy atom. The minimum Gasteiger partial charge on any atom is -0.495 e. The number of likely N-dealkylation sites (tertiary alicyclic amines) is 1. The van der Waals surface area contributed by atoms with Crippen molar-refractivity contribution in [2.75, 3.05) is 26.8 Å². The van der Waals surface area contributed by atoms with Crippen LogP contribution in [0, 0.1) is 5.92 Å². The largest absolute Gasteiger partial charge is 0.495 e. The summed E-state index contributed by atoms with van der Waals surface area (Å²) < 4.78 is 11.0. The van der Waals surface area contributed by atoms with Crippen LogP contribution >= 0.6 is 11.6 Å². The van der Waals surface area contributed by atoms with Crippen molar-refractivity contribution >= 4 is 23.7 Å². The maximum Gasteiger partial charge on any atom is 0.409 e. The highest BCUT2D eigenvalue weighted by Crippen LogP contribution is 2.44. The number of carbonyl (C=O) groups is 2. The summed E-state index contributed by atoms with van der Waals surface area (Å²) in [4.78, 5) is 26.5. The first kappa shape index (κ1) is 22.3. The maximum absolute atomic E-state index is 13.0. The summed E-state index contributed by atoms with van der Waals surface area (Å²) in [5, 5.41) is 10.3. The fraction of sp³-hybridized carbons (Fsp3) is 0.259. The third-order valence-electron chi connectivity index (χ3n) is 6.83. The summed E-state index contributed by atoms with van der Waals surface area (Å²) in [6, 6.07) is 21.5. The Labute approximate surface area is 202 Å². The fourth-order valence-corrected chi connectivity index (χ4v) is 5.33. The molecule has 0 spiro atoms. The number of carboxylic acid groups (broad SMARTS) is 1. The summed E-state index contributed by atoms with van der Waals surface area (Å²) in [6.07, 6.45) is -0.503. The van der Waals surface area contributed by atoms with Gasteiger partial charge >= 0.3 is 12.1 Å². The molecule has 0 bridgehead atoms. The third kappa shape index (κ3) is 3.88. The van der Waals surface area contributed by atoms with Gasteiger partial charge in [-0.05, 0) is 39.9 Å². The lowest BCUT2D eigenvalue weighted by atomic mass is 9.89. The molecular formula is C27H24ClNO5. The van der Waals surface area contributed by atoms with Crippen LogP contribution in [0.4, 0.5) is 4.79 Å². The Bertz CT molecular complexity index is 1210. The van der Waals surface area contributed by atoms with Crippen LogP contribution < -0.4 is 4.74 Å². The Morgan fingerprint density at radius 1 is 1.00 bits per heavy atom. The lowest BCUT2D eigenvalue weighted by Gasteiger charge is -2.19. The number of benzene rings is 3. The number of methoxy groups -OCH3 is 1. The molecule has 0 radical (unpaired) electrons. The summed E-state index contributed by atoms with van der Waals surface area (Å²) >= 11 is 6.13. The predicted octanol–water partition coefficient (Wildman–Crippen LogP) is 5.40. The van der Waals surface area contributed by atoms with Crippen molar-refractivity contribution in [1.29, 1.82) is 0 Å². The van der Waals surface area contributed by atoms with Crippen molar-refractivity contribution in [3.05, 3.63) is 88.4 Å². The Morgan fingerprint density at radius 3 is 2.26 bits per heavy atom. The van der Waals surface area contributed by atoms with Crippen LogP contribution in [0.3, 0.4) is 0 Å². The first-order valence-electron chi connectivity index (χ1n) is 11.1. The van der Waals surface area contributed by atoms with Gasteiger partial charge in [0, 0.05) is 24.9 Å². The molecule has 0 aromatic heterocycles. The van der Waals surface area contributed by atoms with Crippen LogP contribution in [0.15, 0.2) is 66.7 Å². The number of rotatable bonds is 5. The topological polar surface area (TPSA) is 76.1 Å². The number of ether oxygens (including phenoxy) is 2. The maximum atomic E-state index is 13.0. The molecule has 2 aliphatic rings. The molecule has 1 N–H and O–H groups in total. The lowest BCUT2D eigenvalue weighted by molar-refractivity contribution is -0.141. The highest BCUT2D eigenvalue weighted by atomic mass is 35.5. The van der Waals surface area contributed by atoms with Gasteiger partial charge in [-0.3, -0.25) is 4.79 Å². The van der Waals surface area contributed by atoms with E-state index in [-0.39, 0.29) is 31.5 Å². The molecule has 7 heteroatoms. The van der Waals surface area contributed by atoms with E-state index in [9.17, 15) is 14.7 Å². The van der Waals surface area contributed by atoms with E-state index >= 15 is 0 Å². The normalized spacial score (nSPS) is 18.9. The monoisotopic (exact) mass is 477 g/mol.